The van der Waals surface area contributed by atoms with Gasteiger partial charge in [-0.2, -0.15) is 5.21 Å². The van der Waals surface area contributed by atoms with E-state index in [0.29, 0.717) is 5.82 Å². The Bertz CT molecular complexity index is 408. The van der Waals surface area contributed by atoms with Crippen molar-refractivity contribution in [1.82, 2.24) is 20.6 Å². The fourth-order valence-electron chi connectivity index (χ4n) is 1.25. The lowest BCUT2D eigenvalue weighted by Gasteiger charge is -2.05. The average Bonchev–Trinajstić information content (AvgIpc) is 2.85. The number of hydrogen-bond donors (Lipinski definition) is 2. The number of nitrogens with one attached hydrogen (secondary N) is 1. The van der Waals surface area contributed by atoms with Gasteiger partial charge in [0.25, 0.3) is 0 Å². The van der Waals surface area contributed by atoms with E-state index in [1.165, 1.54) is 0 Å². The Kier molecular flexibility index (Phi) is 4.60. The van der Waals surface area contributed by atoms with E-state index in [2.05, 4.69) is 20.6 Å². The largest absolute Gasteiger partial charge is 0.324 e. The number of benzene rings is 1. The highest BCUT2D eigenvalue weighted by Crippen LogP contribution is 2.18. The van der Waals surface area contributed by atoms with Gasteiger partial charge >= 0.3 is 0 Å². The van der Waals surface area contributed by atoms with Gasteiger partial charge in [0.05, 0.1) is 0 Å². The SMILES string of the molecule is CC.CC(N)c1cccc(-c2nn[nH]n2)c1. The molecule has 1 aromatic heterocycles. The summed E-state index contributed by atoms with van der Waals surface area (Å²) in [6, 6.07) is 7.83. The minimum absolute atomic E-state index is 0.0156. The average molecular weight is 219 g/mol. The van der Waals surface area contributed by atoms with Crippen LogP contribution in [-0.2, 0) is 0 Å². The van der Waals surface area contributed by atoms with Gasteiger partial charge < -0.3 is 5.73 Å². The molecule has 0 aliphatic carbocycles. The summed E-state index contributed by atoms with van der Waals surface area (Å²) < 4.78 is 0. The molecule has 1 heterocycles. The van der Waals surface area contributed by atoms with Crippen molar-refractivity contribution in [2.45, 2.75) is 26.8 Å². The zero-order valence-corrected chi connectivity index (χ0v) is 9.81. The van der Waals surface area contributed by atoms with Crippen molar-refractivity contribution in [3.63, 3.8) is 0 Å². The smallest absolute Gasteiger partial charge is 0.204 e. The number of nitrogens with zero attached hydrogens (tertiary/aromatic N) is 3. The summed E-state index contributed by atoms with van der Waals surface area (Å²) in [5, 5.41) is 13.7. The first kappa shape index (κ1) is 12.3. The second-order valence-electron chi connectivity index (χ2n) is 3.15. The van der Waals surface area contributed by atoms with Crippen LogP contribution in [0.1, 0.15) is 32.4 Å². The summed E-state index contributed by atoms with van der Waals surface area (Å²) in [7, 11) is 0. The predicted molar refractivity (Wildman–Crippen MR) is 63.6 cm³/mol. The van der Waals surface area contributed by atoms with Crippen LogP contribution in [0, 0.1) is 0 Å². The standard InChI is InChI=1S/C9H11N5.C2H6/c1-6(10)7-3-2-4-8(5-7)9-11-13-14-12-9;1-2/h2-6H,10H2,1H3,(H,11,12,13,14);1-2H3. The molecule has 1 aromatic carbocycles. The molecule has 5 nitrogen and oxygen atoms in total. The molecule has 0 aliphatic heterocycles. The van der Waals surface area contributed by atoms with Crippen molar-refractivity contribution < 1.29 is 0 Å². The molecule has 0 fully saturated rings. The number of aromatic nitrogens is 4. The highest BCUT2D eigenvalue weighted by Gasteiger charge is 2.05. The topological polar surface area (TPSA) is 80.5 Å². The molecule has 0 amide bonds. The molecule has 0 radical (unpaired) electrons. The van der Waals surface area contributed by atoms with Crippen LogP contribution in [0.2, 0.25) is 0 Å². The van der Waals surface area contributed by atoms with E-state index < -0.39 is 0 Å². The van der Waals surface area contributed by atoms with Crippen LogP contribution in [0.25, 0.3) is 11.4 Å². The third-order valence-corrected chi connectivity index (χ3v) is 2.02. The molecule has 0 saturated heterocycles. The minimum atomic E-state index is 0.0156. The first-order valence-corrected chi connectivity index (χ1v) is 5.37. The van der Waals surface area contributed by atoms with Gasteiger partial charge in [-0.3, -0.25) is 0 Å². The number of tetrazole rings is 1. The van der Waals surface area contributed by atoms with E-state index in [9.17, 15) is 0 Å². The van der Waals surface area contributed by atoms with Crippen molar-refractivity contribution in [3.8, 4) is 11.4 Å². The van der Waals surface area contributed by atoms with E-state index in [4.69, 9.17) is 5.73 Å². The van der Waals surface area contributed by atoms with Crippen molar-refractivity contribution in [2.24, 2.45) is 5.73 Å². The third kappa shape index (κ3) is 2.87. The molecule has 86 valence electrons. The molecule has 0 saturated carbocycles. The molecule has 5 heteroatoms. The molecule has 2 aromatic rings. The normalized spacial score (nSPS) is 11.5. The Morgan fingerprint density at radius 1 is 1.31 bits per heavy atom. The van der Waals surface area contributed by atoms with Gasteiger partial charge in [0.1, 0.15) is 0 Å². The Morgan fingerprint density at radius 3 is 2.62 bits per heavy atom. The van der Waals surface area contributed by atoms with Crippen LogP contribution < -0.4 is 5.73 Å². The molecule has 16 heavy (non-hydrogen) atoms. The van der Waals surface area contributed by atoms with E-state index in [1.807, 2.05) is 45.0 Å². The van der Waals surface area contributed by atoms with Gasteiger partial charge in [0.15, 0.2) is 0 Å². The monoisotopic (exact) mass is 219 g/mol. The van der Waals surface area contributed by atoms with Gasteiger partial charge in [0.2, 0.25) is 5.82 Å². The van der Waals surface area contributed by atoms with Crippen molar-refractivity contribution in [1.29, 1.82) is 0 Å². The quantitative estimate of drug-likeness (QED) is 0.808. The number of nitrogens with two attached hydrogens (primary N) is 1. The lowest BCUT2D eigenvalue weighted by atomic mass is 10.1. The summed E-state index contributed by atoms with van der Waals surface area (Å²) in [5.74, 6) is 0.590. The fourth-order valence-corrected chi connectivity index (χ4v) is 1.25. The van der Waals surface area contributed by atoms with Gasteiger partial charge in [-0.25, -0.2) is 0 Å². The third-order valence-electron chi connectivity index (χ3n) is 2.02. The molecule has 3 N–H and O–H groups in total. The molecule has 1 atom stereocenters. The second kappa shape index (κ2) is 5.97. The number of hydrogen-bond acceptors (Lipinski definition) is 4. The molecule has 1 unspecified atom stereocenters. The van der Waals surface area contributed by atoms with Crippen LogP contribution in [0.5, 0.6) is 0 Å². The van der Waals surface area contributed by atoms with Crippen LogP contribution in [0.3, 0.4) is 0 Å². The van der Waals surface area contributed by atoms with Crippen molar-refractivity contribution in [2.75, 3.05) is 0 Å². The van der Waals surface area contributed by atoms with Crippen LogP contribution in [-0.4, -0.2) is 20.6 Å². The highest BCUT2D eigenvalue weighted by atomic mass is 15.5. The summed E-state index contributed by atoms with van der Waals surface area (Å²) >= 11 is 0. The van der Waals surface area contributed by atoms with Gasteiger partial charge in [-0.05, 0) is 23.8 Å². The van der Waals surface area contributed by atoms with Crippen molar-refractivity contribution >= 4 is 0 Å². The predicted octanol–water partition coefficient (Wildman–Crippen LogP) is 1.91. The molecule has 2 rings (SSSR count). The number of H-pyrrole nitrogens is 1. The highest BCUT2D eigenvalue weighted by molar-refractivity contribution is 5.55. The molecule has 0 bridgehead atoms. The van der Waals surface area contributed by atoms with Gasteiger partial charge in [-0.15, -0.1) is 10.2 Å². The van der Waals surface area contributed by atoms with E-state index in [1.54, 1.807) is 0 Å². The zero-order chi connectivity index (χ0) is 12.0. The molecule has 0 aliphatic rings. The van der Waals surface area contributed by atoms with Gasteiger partial charge in [-0.1, -0.05) is 32.0 Å². The van der Waals surface area contributed by atoms with Crippen molar-refractivity contribution in [3.05, 3.63) is 29.8 Å². The van der Waals surface area contributed by atoms with E-state index in [-0.39, 0.29) is 6.04 Å². The summed E-state index contributed by atoms with van der Waals surface area (Å²) in [6.45, 7) is 5.94. The fraction of sp³-hybridized carbons (Fsp3) is 0.364. The first-order chi connectivity index (χ1) is 7.77. The van der Waals surface area contributed by atoms with Crippen LogP contribution in [0.4, 0.5) is 0 Å². The van der Waals surface area contributed by atoms with E-state index in [0.717, 1.165) is 11.1 Å². The molecule has 0 spiro atoms. The lowest BCUT2D eigenvalue weighted by molar-refractivity contribution is 0.818. The van der Waals surface area contributed by atoms with Crippen LogP contribution in [0.15, 0.2) is 24.3 Å². The Hall–Kier alpha value is -1.75. The Morgan fingerprint density at radius 2 is 2.06 bits per heavy atom. The first-order valence-electron chi connectivity index (χ1n) is 5.37. The Labute approximate surface area is 95.1 Å². The number of rotatable bonds is 2. The zero-order valence-electron chi connectivity index (χ0n) is 9.81. The molecular formula is C11H17N5. The lowest BCUT2D eigenvalue weighted by Crippen LogP contribution is -2.04. The summed E-state index contributed by atoms with van der Waals surface area (Å²) in [5.41, 5.74) is 7.76. The summed E-state index contributed by atoms with van der Waals surface area (Å²) in [6.07, 6.45) is 0. The molecular weight excluding hydrogens is 202 g/mol. The summed E-state index contributed by atoms with van der Waals surface area (Å²) in [4.78, 5) is 0. The Balaban J connectivity index is 0.000000606. The maximum atomic E-state index is 5.77. The number of aromatic amines is 1. The second-order valence-corrected chi connectivity index (χ2v) is 3.15. The van der Waals surface area contributed by atoms with E-state index >= 15 is 0 Å². The minimum Gasteiger partial charge on any atom is -0.324 e. The maximum absolute atomic E-state index is 5.77. The van der Waals surface area contributed by atoms with Crippen LogP contribution >= 0.6 is 0 Å². The maximum Gasteiger partial charge on any atom is 0.204 e. The van der Waals surface area contributed by atoms with Gasteiger partial charge in [0, 0.05) is 11.6 Å².